The van der Waals surface area contributed by atoms with Crippen molar-refractivity contribution in [2.75, 3.05) is 0 Å². The van der Waals surface area contributed by atoms with Gasteiger partial charge in [0.25, 0.3) is 0 Å². The van der Waals surface area contributed by atoms with Crippen LogP contribution in [-0.2, 0) is 0 Å². The summed E-state index contributed by atoms with van der Waals surface area (Å²) in [7, 11) is 0. The third-order valence-electron chi connectivity index (χ3n) is 7.65. The zero-order valence-corrected chi connectivity index (χ0v) is 34.7. The van der Waals surface area contributed by atoms with Crippen LogP contribution in [0.15, 0.2) is 77.6 Å². The highest BCUT2D eigenvalue weighted by Gasteiger charge is 2.12. The van der Waals surface area contributed by atoms with Crippen LogP contribution < -0.4 is 11.4 Å². The number of carbonyl (C=O) groups is 3. The lowest BCUT2D eigenvalue weighted by molar-refractivity contribution is 0.0928. The van der Waals surface area contributed by atoms with Crippen molar-refractivity contribution >= 4 is 17.3 Å². The fraction of sp³-hybridized carbons (Fsp3) is 0.450. The number of carbonyl (C=O) groups excluding carboxylic acids is 3. The minimum absolute atomic E-state index is 0.0525. The first-order chi connectivity index (χ1) is 26.3. The highest BCUT2D eigenvalue weighted by molar-refractivity contribution is 5.97. The van der Waals surface area contributed by atoms with Gasteiger partial charge in [-0.3, -0.25) is 24.6 Å². The summed E-state index contributed by atoms with van der Waals surface area (Å²) in [4.78, 5) is 74.3. The van der Waals surface area contributed by atoms with Crippen molar-refractivity contribution in [2.45, 2.75) is 101 Å². The molecule has 8 N–H and O–H groups in total. The summed E-state index contributed by atoms with van der Waals surface area (Å²) in [5, 5.41) is 12.9. The SMILES string of the molecule is CC(C)C(=O)c1c[nH]c(=O)[nH]1.CC(C)C(=O)c1ccc[nH]1.CC(C)C(=O)c1cn[nH]c1.CC(C)c1c[nH]c(=O)[nH]1.CC(C)c1cn[nH]c1.CC(C)c1cnc[nH]1. The van der Waals surface area contributed by atoms with E-state index in [4.69, 9.17) is 0 Å². The molecule has 16 nitrogen and oxygen atoms in total. The van der Waals surface area contributed by atoms with Crippen LogP contribution in [0.2, 0.25) is 0 Å². The predicted molar refractivity (Wildman–Crippen MR) is 219 cm³/mol. The Morgan fingerprint density at radius 2 is 1.09 bits per heavy atom. The summed E-state index contributed by atoms with van der Waals surface area (Å²) in [5.41, 5.74) is 4.68. The Labute approximate surface area is 328 Å². The van der Waals surface area contributed by atoms with Crippen LogP contribution in [0, 0.1) is 17.8 Å². The number of Topliss-reactive ketones (excluding diaryl/α,β-unsaturated/α-hetero) is 3. The maximum Gasteiger partial charge on any atom is 0.323 e. The van der Waals surface area contributed by atoms with Crippen molar-refractivity contribution in [2.24, 2.45) is 17.8 Å². The van der Waals surface area contributed by atoms with E-state index in [0.717, 1.165) is 5.69 Å². The quantitative estimate of drug-likeness (QED) is 0.0680. The molecule has 0 bridgehead atoms. The Hall–Kier alpha value is -6.06. The van der Waals surface area contributed by atoms with Crippen LogP contribution in [0.3, 0.4) is 0 Å². The van der Waals surface area contributed by atoms with E-state index in [-0.39, 0.29) is 46.5 Å². The summed E-state index contributed by atoms with van der Waals surface area (Å²) in [6.45, 7) is 23.7. The van der Waals surface area contributed by atoms with Crippen molar-refractivity contribution in [3.63, 3.8) is 0 Å². The molecule has 56 heavy (non-hydrogen) atoms. The predicted octanol–water partition coefficient (Wildman–Crippen LogP) is 7.54. The highest BCUT2D eigenvalue weighted by atomic mass is 16.2. The van der Waals surface area contributed by atoms with Crippen molar-refractivity contribution in [3.05, 3.63) is 123 Å². The number of nitrogens with zero attached hydrogens (tertiary/aromatic N) is 3. The van der Waals surface area contributed by atoms with E-state index in [1.54, 1.807) is 51.0 Å². The molecular formula is C40H61N11O5. The maximum atomic E-state index is 11.2. The fourth-order valence-electron chi connectivity index (χ4n) is 4.11. The Kier molecular flexibility index (Phi) is 21.5. The Morgan fingerprint density at radius 3 is 1.41 bits per heavy atom. The van der Waals surface area contributed by atoms with Gasteiger partial charge < -0.3 is 29.9 Å². The van der Waals surface area contributed by atoms with Crippen LogP contribution in [0.25, 0.3) is 0 Å². The van der Waals surface area contributed by atoms with Gasteiger partial charge in [-0.25, -0.2) is 14.6 Å². The van der Waals surface area contributed by atoms with Gasteiger partial charge in [-0.15, -0.1) is 0 Å². The van der Waals surface area contributed by atoms with E-state index in [2.05, 4.69) is 83.0 Å². The monoisotopic (exact) mass is 775 g/mol. The molecule has 0 saturated heterocycles. The van der Waals surface area contributed by atoms with E-state index < -0.39 is 0 Å². The lowest BCUT2D eigenvalue weighted by Crippen LogP contribution is -2.10. The van der Waals surface area contributed by atoms with Gasteiger partial charge in [-0.2, -0.15) is 10.2 Å². The molecule has 0 amide bonds. The molecule has 0 atom stereocenters. The van der Waals surface area contributed by atoms with Crippen molar-refractivity contribution in [3.8, 4) is 0 Å². The number of aromatic nitrogens is 11. The molecule has 0 saturated carbocycles. The molecule has 0 aliphatic heterocycles. The molecule has 6 rings (SSSR count). The van der Waals surface area contributed by atoms with E-state index in [9.17, 15) is 24.0 Å². The van der Waals surface area contributed by atoms with E-state index in [1.807, 2.05) is 66.2 Å². The van der Waals surface area contributed by atoms with Crippen LogP contribution in [0.4, 0.5) is 0 Å². The topological polar surface area (TPSA) is 250 Å². The van der Waals surface area contributed by atoms with Gasteiger partial charge >= 0.3 is 11.4 Å². The fourth-order valence-corrected chi connectivity index (χ4v) is 4.11. The number of hydrogen-bond donors (Lipinski definition) is 8. The van der Waals surface area contributed by atoms with Crippen LogP contribution >= 0.6 is 0 Å². The van der Waals surface area contributed by atoms with Gasteiger partial charge in [0.05, 0.1) is 30.0 Å². The molecule has 0 unspecified atom stereocenters. The van der Waals surface area contributed by atoms with Gasteiger partial charge in [-0.1, -0.05) is 83.1 Å². The standard InChI is InChI=1S/C8H11NO.C7H10N2O2.C7H10N2O.C6H10N2O.2C6H10N2/c1-6(2)8(10)7-4-3-5-9-7;1-4(2)6(10)5-3-8-7(11)9-5;1-5(2)7(10)6-3-8-9-4-6;1-4(2)5-3-7-6(9)8-5;1-5(2)6-3-7-4-8-6;1-5(2)6-3-7-8-4-6/h3-6,9H,1-2H3;3-4H,1-2H3,(H2,8,9,11);3-5H,1-2H3,(H,8,9);3-4H,1-2H3,(H2,7,8,9);2*3-5H,1-2H3,(H,7,8). The van der Waals surface area contributed by atoms with Crippen LogP contribution in [0.5, 0.6) is 0 Å². The second-order valence-corrected chi connectivity index (χ2v) is 14.5. The van der Waals surface area contributed by atoms with E-state index >= 15 is 0 Å². The van der Waals surface area contributed by atoms with Gasteiger partial charge in [-0.05, 0) is 35.4 Å². The molecule has 306 valence electrons. The van der Waals surface area contributed by atoms with Gasteiger partial charge in [0.2, 0.25) is 0 Å². The molecule has 0 aliphatic rings. The second-order valence-electron chi connectivity index (χ2n) is 14.5. The highest BCUT2D eigenvalue weighted by Crippen LogP contribution is 2.10. The first kappa shape index (κ1) is 48.0. The van der Waals surface area contributed by atoms with Crippen LogP contribution in [-0.4, -0.2) is 72.6 Å². The minimum atomic E-state index is -0.339. The van der Waals surface area contributed by atoms with Crippen molar-refractivity contribution in [1.82, 2.24) is 55.3 Å². The number of ketones is 3. The van der Waals surface area contributed by atoms with Crippen LogP contribution in [0.1, 0.15) is 149 Å². The molecule has 0 radical (unpaired) electrons. The number of imidazole rings is 3. The number of nitrogens with one attached hydrogen (secondary N) is 8. The Bertz CT molecular complexity index is 1920. The largest absolute Gasteiger partial charge is 0.359 e. The normalized spacial score (nSPS) is 10.4. The van der Waals surface area contributed by atoms with Gasteiger partial charge in [0.1, 0.15) is 5.69 Å². The lowest BCUT2D eigenvalue weighted by atomic mass is 10.1. The maximum absolute atomic E-state index is 11.2. The zero-order valence-electron chi connectivity index (χ0n) is 34.7. The zero-order chi connectivity index (χ0) is 42.4. The molecule has 0 aliphatic carbocycles. The molecule has 0 spiro atoms. The minimum Gasteiger partial charge on any atom is -0.359 e. The van der Waals surface area contributed by atoms with E-state index in [0.29, 0.717) is 34.7 Å². The number of H-pyrrole nitrogens is 8. The number of rotatable bonds is 9. The summed E-state index contributed by atoms with van der Waals surface area (Å²) in [6.07, 6.45) is 15.3. The average Bonchev–Trinajstić information content (AvgIpc) is 4.01. The van der Waals surface area contributed by atoms with Gasteiger partial charge in [0, 0.05) is 66.3 Å². The summed E-state index contributed by atoms with van der Waals surface area (Å²) < 4.78 is 0. The molecule has 0 fully saturated rings. The van der Waals surface area contributed by atoms with Gasteiger partial charge in [0.15, 0.2) is 17.3 Å². The first-order valence-electron chi connectivity index (χ1n) is 18.6. The Morgan fingerprint density at radius 1 is 0.536 bits per heavy atom. The molecule has 16 heteroatoms. The number of hydrogen-bond acceptors (Lipinski definition) is 8. The van der Waals surface area contributed by atoms with Crippen molar-refractivity contribution in [1.29, 1.82) is 0 Å². The molecule has 6 aromatic heterocycles. The molecule has 0 aromatic carbocycles. The summed E-state index contributed by atoms with van der Waals surface area (Å²) in [6, 6.07) is 3.62. The lowest BCUT2D eigenvalue weighted by Gasteiger charge is -1.98. The third kappa shape index (κ3) is 18.3. The first-order valence-corrected chi connectivity index (χ1v) is 18.6. The van der Waals surface area contributed by atoms with E-state index in [1.165, 1.54) is 17.5 Å². The molecule has 6 aromatic rings. The molecular weight excluding hydrogens is 715 g/mol. The molecule has 6 heterocycles. The summed E-state index contributed by atoms with van der Waals surface area (Å²) >= 11 is 0. The number of aromatic amines is 8. The Balaban J connectivity index is 0.000000337. The second kappa shape index (κ2) is 25.1. The third-order valence-corrected chi connectivity index (χ3v) is 7.65. The smallest absolute Gasteiger partial charge is 0.323 e. The van der Waals surface area contributed by atoms with Crippen molar-refractivity contribution < 1.29 is 14.4 Å². The average molecular weight is 776 g/mol. The summed E-state index contributed by atoms with van der Waals surface area (Å²) in [5.74, 6) is 1.86.